The molecule has 2 aliphatic rings. The third-order valence-electron chi connectivity index (χ3n) is 4.38. The smallest absolute Gasteiger partial charge is 0.00853 e. The van der Waals surface area contributed by atoms with Crippen LogP contribution in [-0.4, -0.2) is 23.6 Å². The normalized spacial score (nSPS) is 28.9. The summed E-state index contributed by atoms with van der Waals surface area (Å²) in [5, 5.41) is 3.85. The number of hydrogen-bond acceptors (Lipinski definition) is 2. The molecule has 0 radical (unpaired) electrons. The fourth-order valence-corrected chi connectivity index (χ4v) is 4.17. The zero-order chi connectivity index (χ0) is 12.4. The van der Waals surface area contributed by atoms with Crippen LogP contribution in [0.25, 0.3) is 0 Å². The lowest BCUT2D eigenvalue weighted by molar-refractivity contribution is 0.258. The van der Waals surface area contributed by atoms with E-state index in [0.717, 1.165) is 18.0 Å². The molecule has 1 aromatic carbocycles. The maximum Gasteiger partial charge on any atom is 0.00853 e. The summed E-state index contributed by atoms with van der Waals surface area (Å²) in [6.07, 6.45) is 5.42. The summed E-state index contributed by atoms with van der Waals surface area (Å²) in [5.41, 5.74) is 2.91. The highest BCUT2D eigenvalue weighted by molar-refractivity contribution is 7.99. The van der Waals surface area contributed by atoms with Gasteiger partial charge >= 0.3 is 0 Å². The van der Waals surface area contributed by atoms with Gasteiger partial charge in [-0.2, -0.15) is 11.8 Å². The molecule has 1 aliphatic carbocycles. The van der Waals surface area contributed by atoms with Crippen molar-refractivity contribution in [1.29, 1.82) is 0 Å². The SMILES string of the molecule is Cc1ccc(C2CC(NC3CCSCC3)C2)cc1. The predicted octanol–water partition coefficient (Wildman–Crippen LogP) is 3.73. The molecule has 98 valence electrons. The number of rotatable bonds is 3. The van der Waals surface area contributed by atoms with Crippen molar-refractivity contribution in [2.24, 2.45) is 0 Å². The van der Waals surface area contributed by atoms with Crippen LogP contribution in [0, 0.1) is 6.92 Å². The van der Waals surface area contributed by atoms with Crippen molar-refractivity contribution in [3.8, 4) is 0 Å². The van der Waals surface area contributed by atoms with E-state index in [0.29, 0.717) is 0 Å². The molecule has 1 N–H and O–H groups in total. The second-order valence-electron chi connectivity index (χ2n) is 5.83. The van der Waals surface area contributed by atoms with Crippen molar-refractivity contribution in [1.82, 2.24) is 5.32 Å². The second-order valence-corrected chi connectivity index (χ2v) is 7.05. The fraction of sp³-hybridized carbons (Fsp3) is 0.625. The number of thioether (sulfide) groups is 1. The van der Waals surface area contributed by atoms with E-state index in [4.69, 9.17) is 0 Å². The molecule has 1 saturated heterocycles. The van der Waals surface area contributed by atoms with E-state index in [1.165, 1.54) is 48.3 Å². The Morgan fingerprint density at radius 3 is 2.33 bits per heavy atom. The number of nitrogens with one attached hydrogen (secondary N) is 1. The first kappa shape index (κ1) is 12.6. The maximum absolute atomic E-state index is 3.85. The van der Waals surface area contributed by atoms with E-state index >= 15 is 0 Å². The average molecular weight is 261 g/mol. The zero-order valence-corrected chi connectivity index (χ0v) is 12.0. The summed E-state index contributed by atoms with van der Waals surface area (Å²) in [6.45, 7) is 2.16. The summed E-state index contributed by atoms with van der Waals surface area (Å²) < 4.78 is 0. The van der Waals surface area contributed by atoms with Crippen molar-refractivity contribution in [2.75, 3.05) is 11.5 Å². The third kappa shape index (κ3) is 2.92. The highest BCUT2D eigenvalue weighted by atomic mass is 32.2. The van der Waals surface area contributed by atoms with Gasteiger partial charge in [0.15, 0.2) is 0 Å². The first-order valence-electron chi connectivity index (χ1n) is 7.21. The van der Waals surface area contributed by atoms with E-state index in [2.05, 4.69) is 48.3 Å². The summed E-state index contributed by atoms with van der Waals surface area (Å²) in [6, 6.07) is 10.7. The zero-order valence-electron chi connectivity index (χ0n) is 11.2. The van der Waals surface area contributed by atoms with Gasteiger partial charge in [-0.25, -0.2) is 0 Å². The Bertz CT molecular complexity index is 375. The Kier molecular flexibility index (Phi) is 3.95. The van der Waals surface area contributed by atoms with Gasteiger partial charge in [0.1, 0.15) is 0 Å². The minimum Gasteiger partial charge on any atom is -0.311 e. The number of benzene rings is 1. The Morgan fingerprint density at radius 2 is 1.67 bits per heavy atom. The highest BCUT2D eigenvalue weighted by Crippen LogP contribution is 2.37. The van der Waals surface area contributed by atoms with E-state index in [-0.39, 0.29) is 0 Å². The topological polar surface area (TPSA) is 12.0 Å². The van der Waals surface area contributed by atoms with Crippen LogP contribution in [0.4, 0.5) is 0 Å². The molecule has 0 amide bonds. The molecule has 1 aliphatic heterocycles. The van der Waals surface area contributed by atoms with Gasteiger partial charge in [-0.3, -0.25) is 0 Å². The van der Waals surface area contributed by atoms with Crippen LogP contribution in [0.1, 0.15) is 42.7 Å². The van der Waals surface area contributed by atoms with Crippen LogP contribution in [-0.2, 0) is 0 Å². The largest absolute Gasteiger partial charge is 0.311 e. The average Bonchev–Trinajstić information content (AvgIpc) is 2.36. The molecule has 1 heterocycles. The van der Waals surface area contributed by atoms with Gasteiger partial charge in [-0.1, -0.05) is 29.8 Å². The Balaban J connectivity index is 1.46. The van der Waals surface area contributed by atoms with Gasteiger partial charge < -0.3 is 5.32 Å². The minimum atomic E-state index is 0.782. The van der Waals surface area contributed by atoms with Crippen LogP contribution in [0.2, 0.25) is 0 Å². The van der Waals surface area contributed by atoms with E-state index in [9.17, 15) is 0 Å². The molecule has 0 unspecified atom stereocenters. The predicted molar refractivity (Wildman–Crippen MR) is 80.4 cm³/mol. The summed E-state index contributed by atoms with van der Waals surface area (Å²) in [4.78, 5) is 0. The van der Waals surface area contributed by atoms with Crippen LogP contribution in [0.3, 0.4) is 0 Å². The number of aryl methyl sites for hydroxylation is 1. The second kappa shape index (κ2) is 5.66. The lowest BCUT2D eigenvalue weighted by Gasteiger charge is -2.39. The van der Waals surface area contributed by atoms with Gasteiger partial charge in [-0.05, 0) is 55.6 Å². The maximum atomic E-state index is 3.85. The van der Waals surface area contributed by atoms with Crippen LogP contribution >= 0.6 is 11.8 Å². The molecule has 0 bridgehead atoms. The first-order chi connectivity index (χ1) is 8.81. The summed E-state index contributed by atoms with van der Waals surface area (Å²) >= 11 is 2.11. The first-order valence-corrected chi connectivity index (χ1v) is 8.37. The van der Waals surface area contributed by atoms with E-state index in [1.807, 2.05) is 0 Å². The van der Waals surface area contributed by atoms with Crippen molar-refractivity contribution in [3.05, 3.63) is 35.4 Å². The van der Waals surface area contributed by atoms with Gasteiger partial charge in [0, 0.05) is 12.1 Å². The Labute approximate surface area is 115 Å². The Hall–Kier alpha value is -0.470. The van der Waals surface area contributed by atoms with Crippen molar-refractivity contribution >= 4 is 11.8 Å². The molecule has 1 saturated carbocycles. The van der Waals surface area contributed by atoms with Gasteiger partial charge in [0.2, 0.25) is 0 Å². The molecule has 2 heteroatoms. The van der Waals surface area contributed by atoms with Crippen molar-refractivity contribution < 1.29 is 0 Å². The lowest BCUT2D eigenvalue weighted by atomic mass is 9.75. The van der Waals surface area contributed by atoms with Crippen molar-refractivity contribution in [3.63, 3.8) is 0 Å². The molecule has 1 aromatic rings. The molecule has 1 nitrogen and oxygen atoms in total. The molecule has 0 aromatic heterocycles. The molecule has 3 rings (SSSR count). The molecule has 0 spiro atoms. The standard InChI is InChI=1S/C16H23NS/c1-12-2-4-13(5-3-12)14-10-16(11-14)17-15-6-8-18-9-7-15/h2-5,14-17H,6-11H2,1H3. The molecule has 18 heavy (non-hydrogen) atoms. The molecular weight excluding hydrogens is 238 g/mol. The summed E-state index contributed by atoms with van der Waals surface area (Å²) in [5.74, 6) is 3.51. The van der Waals surface area contributed by atoms with E-state index < -0.39 is 0 Å². The molecule has 0 atom stereocenters. The number of hydrogen-bond donors (Lipinski definition) is 1. The monoisotopic (exact) mass is 261 g/mol. The molecular formula is C16H23NS. The van der Waals surface area contributed by atoms with Crippen LogP contribution in [0.15, 0.2) is 24.3 Å². The third-order valence-corrected chi connectivity index (χ3v) is 5.43. The van der Waals surface area contributed by atoms with Crippen LogP contribution in [0.5, 0.6) is 0 Å². The Morgan fingerprint density at radius 1 is 1.00 bits per heavy atom. The quantitative estimate of drug-likeness (QED) is 0.890. The lowest BCUT2D eigenvalue weighted by Crippen LogP contribution is -2.46. The van der Waals surface area contributed by atoms with E-state index in [1.54, 1.807) is 0 Å². The minimum absolute atomic E-state index is 0.782. The fourth-order valence-electron chi connectivity index (χ4n) is 3.06. The van der Waals surface area contributed by atoms with Crippen molar-refractivity contribution in [2.45, 2.75) is 50.6 Å². The molecule has 2 fully saturated rings. The van der Waals surface area contributed by atoms with Gasteiger partial charge in [0.25, 0.3) is 0 Å². The van der Waals surface area contributed by atoms with Gasteiger partial charge in [-0.15, -0.1) is 0 Å². The highest BCUT2D eigenvalue weighted by Gasteiger charge is 2.31. The summed E-state index contributed by atoms with van der Waals surface area (Å²) in [7, 11) is 0. The van der Waals surface area contributed by atoms with Gasteiger partial charge in [0.05, 0.1) is 0 Å². The van der Waals surface area contributed by atoms with Crippen LogP contribution < -0.4 is 5.32 Å².